The molecule has 6 aromatic carbocycles. The van der Waals surface area contributed by atoms with Crippen LogP contribution in [0.4, 0.5) is 17.6 Å². The van der Waals surface area contributed by atoms with Crippen molar-refractivity contribution >= 4 is 11.3 Å². The molecule has 0 bridgehead atoms. The van der Waals surface area contributed by atoms with Crippen LogP contribution in [-0.4, -0.2) is 70.4 Å². The first-order valence-electron chi connectivity index (χ1n) is 29.5. The Hall–Kier alpha value is -10.5. The van der Waals surface area contributed by atoms with Crippen molar-refractivity contribution in [3.63, 3.8) is 0 Å². The average molecular weight is 1300 g/mol. The Morgan fingerprint density at radius 1 is 0.351 bits per heavy atom. The van der Waals surface area contributed by atoms with Crippen molar-refractivity contribution in [2.24, 2.45) is 0 Å². The zero-order valence-corrected chi connectivity index (χ0v) is 57.0. The smallest absolute Gasteiger partial charge is 0.248 e. The van der Waals surface area contributed by atoms with Crippen molar-refractivity contribution < 1.29 is 35.3 Å². The minimum absolute atomic E-state index is 0.551. The Kier molecular flexibility index (Phi) is 29.3. The summed E-state index contributed by atoms with van der Waals surface area (Å²) in [5.74, 6) is 0.559. The zero-order valence-electron chi connectivity index (χ0n) is 56.2. The molecule has 0 spiro atoms. The Morgan fingerprint density at radius 2 is 0.702 bits per heavy atom. The molecule has 0 fully saturated rings. The minimum Gasteiger partial charge on any atom is -0.426 e. The van der Waals surface area contributed by atoms with E-state index in [9.17, 15) is 17.6 Å². The maximum atomic E-state index is 12.7. The second kappa shape index (κ2) is 37.1. The van der Waals surface area contributed by atoms with Crippen molar-refractivity contribution in [2.45, 2.75) is 125 Å². The molecule has 0 saturated heterocycles. The molecule has 0 radical (unpaired) electrons. The Labute approximate surface area is 549 Å². The molecule has 0 aliphatic carbocycles. The summed E-state index contributed by atoms with van der Waals surface area (Å²) in [4.78, 5) is 16.1. The van der Waals surface area contributed by atoms with E-state index < -0.39 is 34.4 Å². The molecule has 0 unspecified atom stereocenters. The molecular formula is C71H78F4N14O4S. The topological polar surface area (TPSA) is 225 Å². The van der Waals surface area contributed by atoms with Crippen LogP contribution < -0.4 is 0 Å². The predicted molar refractivity (Wildman–Crippen MR) is 357 cm³/mol. The monoisotopic (exact) mass is 1300 g/mol. The number of rotatable bonds is 4. The van der Waals surface area contributed by atoms with Crippen LogP contribution in [0.5, 0.6) is 0 Å². The summed E-state index contributed by atoms with van der Waals surface area (Å²) in [5.41, 5.74) is 12.2. The first kappa shape index (κ1) is 74.2. The molecule has 0 N–H and O–H groups in total. The highest BCUT2D eigenvalue weighted by atomic mass is 32.1. The van der Waals surface area contributed by atoms with Crippen LogP contribution in [-0.2, 0) is 0 Å². The largest absolute Gasteiger partial charge is 0.426 e. The van der Waals surface area contributed by atoms with Crippen molar-refractivity contribution in [1.29, 1.82) is 0 Å². The number of aromatic nitrogens is 14. The van der Waals surface area contributed by atoms with E-state index in [0.29, 0.717) is 47.1 Å². The van der Waals surface area contributed by atoms with Gasteiger partial charge in [-0.1, -0.05) is 112 Å². The summed E-state index contributed by atoms with van der Waals surface area (Å²) in [6.45, 7) is 33.0. The summed E-state index contributed by atoms with van der Waals surface area (Å²) in [6, 6.07) is 42.8. The molecule has 0 amide bonds. The van der Waals surface area contributed by atoms with Gasteiger partial charge < -0.3 is 22.3 Å². The first-order chi connectivity index (χ1) is 44.7. The molecule has 0 atom stereocenters. The van der Waals surface area contributed by atoms with Crippen molar-refractivity contribution in [3.8, 4) is 40.0 Å². The maximum Gasteiger partial charge on any atom is 0.248 e. The van der Waals surface area contributed by atoms with Crippen LogP contribution in [0.2, 0.25) is 0 Å². The lowest BCUT2D eigenvalue weighted by Crippen LogP contribution is -2.02. The summed E-state index contributed by atoms with van der Waals surface area (Å²) in [5, 5.41) is 36.3. The molecule has 7 aromatic heterocycles. The van der Waals surface area contributed by atoms with E-state index in [2.05, 4.69) is 146 Å². The van der Waals surface area contributed by atoms with E-state index in [1.807, 2.05) is 139 Å². The van der Waals surface area contributed by atoms with Gasteiger partial charge in [-0.15, -0.1) is 52.1 Å². The van der Waals surface area contributed by atoms with Gasteiger partial charge in [0, 0.05) is 85.5 Å². The SMILES string of the molecule is Cc1c(F)c(F)c(C)c(F)c1F.Cc1ccc(-c2nnc(-c3ccc(C)cc3)o2)cc1.Cc1ccc(-c2nnc(C)o2)cc1.Cc1ccc(C)cc1.Cc1cnc(C)cn1.Cc1cnc(C)n1-c1ccccc1.Cc1nnc(C)o1.Cc1nnc(C)s1.Cc1noc(C)n1. The van der Waals surface area contributed by atoms with Gasteiger partial charge in [-0.3, -0.25) is 9.97 Å². The van der Waals surface area contributed by atoms with Gasteiger partial charge >= 0.3 is 0 Å². The Balaban J connectivity index is 0.000000196. The van der Waals surface area contributed by atoms with E-state index in [0.717, 1.165) is 57.8 Å². The predicted octanol–water partition coefficient (Wildman–Crippen LogP) is 17.6. The Bertz CT molecular complexity index is 3930. The number of halogens is 4. The average Bonchev–Trinajstić information content (AvgIpc) is 1.03. The van der Waals surface area contributed by atoms with E-state index in [1.165, 1.54) is 39.2 Å². The van der Waals surface area contributed by atoms with Crippen LogP contribution in [0.25, 0.3) is 40.0 Å². The van der Waals surface area contributed by atoms with Gasteiger partial charge in [0.15, 0.2) is 29.1 Å². The van der Waals surface area contributed by atoms with Crippen molar-refractivity contribution in [1.82, 2.24) is 70.4 Å². The third-order valence-electron chi connectivity index (χ3n) is 12.7. The van der Waals surface area contributed by atoms with Crippen LogP contribution >= 0.6 is 11.3 Å². The van der Waals surface area contributed by atoms with Crippen LogP contribution in [0.15, 0.2) is 164 Å². The lowest BCUT2D eigenvalue weighted by Gasteiger charge is -2.06. The molecule has 0 aliphatic rings. The highest BCUT2D eigenvalue weighted by Gasteiger charge is 2.20. The van der Waals surface area contributed by atoms with Crippen LogP contribution in [0, 0.1) is 148 Å². The fourth-order valence-corrected chi connectivity index (χ4v) is 8.21. The third kappa shape index (κ3) is 24.9. The molecular weight excluding hydrogens is 1220 g/mol. The normalized spacial score (nSPS) is 10.0. The number of para-hydroxylation sites is 1. The van der Waals surface area contributed by atoms with Crippen molar-refractivity contribution in [3.05, 3.63) is 271 Å². The number of benzene rings is 6. The van der Waals surface area contributed by atoms with E-state index in [4.69, 9.17) is 13.3 Å². The second-order valence-corrected chi connectivity index (χ2v) is 22.6. The molecule has 490 valence electrons. The molecule has 23 heteroatoms. The summed E-state index contributed by atoms with van der Waals surface area (Å²) < 4.78 is 73.2. The van der Waals surface area contributed by atoms with E-state index >= 15 is 0 Å². The summed E-state index contributed by atoms with van der Waals surface area (Å²) in [6.07, 6.45) is 5.41. The molecule has 13 rings (SSSR count). The van der Waals surface area contributed by atoms with Gasteiger partial charge in [-0.25, -0.2) is 22.5 Å². The molecule has 0 aliphatic heterocycles. The highest BCUT2D eigenvalue weighted by Crippen LogP contribution is 2.25. The van der Waals surface area contributed by atoms with E-state index in [1.54, 1.807) is 58.3 Å². The number of aryl methyl sites for hydroxylation is 16. The van der Waals surface area contributed by atoms with Gasteiger partial charge in [0.1, 0.15) is 15.8 Å². The quantitative estimate of drug-likeness (QED) is 0.118. The number of hydrogen-bond acceptors (Lipinski definition) is 18. The maximum absolute atomic E-state index is 12.7. The highest BCUT2D eigenvalue weighted by molar-refractivity contribution is 7.11. The Morgan fingerprint density at radius 3 is 0.968 bits per heavy atom. The molecule has 7 heterocycles. The number of nitrogens with zero attached hydrogens (tertiary/aromatic N) is 14. The van der Waals surface area contributed by atoms with Gasteiger partial charge in [-0.2, -0.15) is 4.98 Å². The fourth-order valence-electron chi connectivity index (χ4n) is 7.62. The van der Waals surface area contributed by atoms with Gasteiger partial charge in [-0.05, 0) is 145 Å². The minimum atomic E-state index is -1.33. The summed E-state index contributed by atoms with van der Waals surface area (Å²) >= 11 is 1.62. The van der Waals surface area contributed by atoms with Gasteiger partial charge in [0.2, 0.25) is 41.2 Å². The fraction of sp³-hybridized carbons (Fsp3) is 0.254. The number of imidazole rings is 1. The molecule has 94 heavy (non-hydrogen) atoms. The number of hydrogen-bond donors (Lipinski definition) is 0. The molecule has 0 saturated carbocycles. The third-order valence-corrected chi connectivity index (χ3v) is 13.4. The van der Waals surface area contributed by atoms with Gasteiger partial charge in [0.05, 0.1) is 11.4 Å². The molecule has 18 nitrogen and oxygen atoms in total. The van der Waals surface area contributed by atoms with Crippen LogP contribution in [0.1, 0.15) is 101 Å². The van der Waals surface area contributed by atoms with E-state index in [-0.39, 0.29) is 0 Å². The summed E-state index contributed by atoms with van der Waals surface area (Å²) in [7, 11) is 0. The second-order valence-electron chi connectivity index (χ2n) is 21.3. The van der Waals surface area contributed by atoms with Gasteiger partial charge in [0.25, 0.3) is 0 Å². The molecule has 13 aromatic rings. The lowest BCUT2D eigenvalue weighted by atomic mass is 10.1. The zero-order chi connectivity index (χ0) is 69.0. The lowest BCUT2D eigenvalue weighted by molar-refractivity contribution is 0.389. The van der Waals surface area contributed by atoms with Crippen molar-refractivity contribution in [2.75, 3.05) is 0 Å². The van der Waals surface area contributed by atoms with Crippen LogP contribution in [0.3, 0.4) is 0 Å². The first-order valence-corrected chi connectivity index (χ1v) is 30.3. The standard InChI is InChI=1S/C16H14N2O.C11H12N2.C10H10N2O.C8H6F4.C8H10.C6H8N2.2C4H6N2O.C4H6N2S/c1-11-3-7-13(8-4-11)15-17-18-16(19-15)14-9-5-12(2)6-10-14;1-9-8-12-10(2)13(9)11-6-4-3-5-7-11;1-7-3-5-9(6-4-7)10-12-11-8(2)13-10;1-3-5(9)7(11)4(2)8(12)6(3)10;1-7-3-5-8(2)6-4-7;1-5-3-8-6(2)4-7-5;1-3-5-6-4(2)7-3;1-3-5-4(2)7-6-3;1-3-5-6-4(2)7-3/h3-10H,1-2H3;3-8H,1-2H3;3-6H,1-2H3;1-2H3;3-6H,1-2H3;3-4H,1-2H3;3*1-2H3.